The fourth-order valence-electron chi connectivity index (χ4n) is 4.00. The molecule has 1 aromatic heterocycles. The number of carbonyl (C=O) groups is 2. The Kier molecular flexibility index (Phi) is 5.98. The molecule has 1 fully saturated rings. The minimum atomic E-state index is -5.08. The van der Waals surface area contributed by atoms with E-state index in [1.807, 2.05) is 26.0 Å². The summed E-state index contributed by atoms with van der Waals surface area (Å²) < 4.78 is 42.6. The number of esters is 1. The maximum absolute atomic E-state index is 12.7. The second-order valence-corrected chi connectivity index (χ2v) is 7.54. The lowest BCUT2D eigenvalue weighted by atomic mass is 9.90. The summed E-state index contributed by atoms with van der Waals surface area (Å²) in [5.74, 6) is -1.58. The van der Waals surface area contributed by atoms with Crippen LogP contribution in [-0.2, 0) is 14.3 Å². The van der Waals surface area contributed by atoms with E-state index in [1.54, 1.807) is 7.11 Å². The first kappa shape index (κ1) is 21.9. The molecule has 7 nitrogen and oxygen atoms in total. The molecule has 2 N–H and O–H groups in total. The number of aromatic nitrogens is 1. The number of aliphatic carboxylic acids is 1. The first-order chi connectivity index (χ1) is 14.0. The van der Waals surface area contributed by atoms with Crippen LogP contribution in [0.15, 0.2) is 18.2 Å². The Balaban J connectivity index is 0.000000318. The number of rotatable bonds is 3. The number of halogens is 3. The maximum Gasteiger partial charge on any atom is 0.490 e. The van der Waals surface area contributed by atoms with Crippen LogP contribution in [-0.4, -0.2) is 59.4 Å². The average Bonchev–Trinajstić information content (AvgIpc) is 3.22. The van der Waals surface area contributed by atoms with Crippen molar-refractivity contribution in [3.05, 3.63) is 29.5 Å². The number of fused-ring (bicyclic) bond motifs is 6. The van der Waals surface area contributed by atoms with Crippen LogP contribution in [0.4, 0.5) is 13.2 Å². The zero-order valence-corrected chi connectivity index (χ0v) is 16.7. The van der Waals surface area contributed by atoms with Crippen molar-refractivity contribution in [2.75, 3.05) is 20.2 Å². The predicted molar refractivity (Wildman–Crippen MR) is 101 cm³/mol. The number of H-pyrrole nitrogens is 1. The Morgan fingerprint density at radius 3 is 2.53 bits per heavy atom. The van der Waals surface area contributed by atoms with E-state index in [0.29, 0.717) is 5.92 Å². The van der Waals surface area contributed by atoms with Crippen molar-refractivity contribution in [2.24, 2.45) is 0 Å². The highest BCUT2D eigenvalue weighted by atomic mass is 19.4. The Bertz CT molecular complexity index is 954. The lowest BCUT2D eigenvalue weighted by molar-refractivity contribution is -0.192. The number of benzene rings is 1. The van der Waals surface area contributed by atoms with Gasteiger partial charge in [-0.05, 0) is 50.6 Å². The third-order valence-corrected chi connectivity index (χ3v) is 5.16. The molecule has 30 heavy (non-hydrogen) atoms. The minimum Gasteiger partial charge on any atom is -0.497 e. The van der Waals surface area contributed by atoms with E-state index in [-0.39, 0.29) is 18.1 Å². The van der Waals surface area contributed by atoms with Gasteiger partial charge in [0.15, 0.2) is 0 Å². The molecule has 0 radical (unpaired) electrons. The molecule has 2 aromatic rings. The SMILES string of the molecule is COc1ccc2[nH]c3c(c2c1)C1CCN(C1)C3C(=O)OC(C)C.O=C(O)C(F)(F)F. The van der Waals surface area contributed by atoms with Crippen molar-refractivity contribution in [1.82, 2.24) is 9.88 Å². The topological polar surface area (TPSA) is 91.9 Å². The number of carboxylic acid groups (broad SMARTS) is 1. The summed E-state index contributed by atoms with van der Waals surface area (Å²) in [5, 5.41) is 8.30. The van der Waals surface area contributed by atoms with Crippen LogP contribution >= 0.6 is 0 Å². The van der Waals surface area contributed by atoms with Crippen molar-refractivity contribution in [3.8, 4) is 5.75 Å². The number of hydrogen-bond acceptors (Lipinski definition) is 5. The van der Waals surface area contributed by atoms with Crippen LogP contribution in [0.5, 0.6) is 5.75 Å². The van der Waals surface area contributed by atoms with Gasteiger partial charge in [0.2, 0.25) is 0 Å². The molecule has 1 saturated heterocycles. The van der Waals surface area contributed by atoms with Crippen molar-refractivity contribution >= 4 is 22.8 Å². The summed E-state index contributed by atoms with van der Waals surface area (Å²) in [7, 11) is 1.68. The van der Waals surface area contributed by atoms with Crippen molar-refractivity contribution in [1.29, 1.82) is 0 Å². The number of aromatic amines is 1. The lowest BCUT2D eigenvalue weighted by Gasteiger charge is -2.31. The summed E-state index contributed by atoms with van der Waals surface area (Å²) in [6.07, 6.45) is -4.10. The van der Waals surface area contributed by atoms with Gasteiger partial charge < -0.3 is 19.6 Å². The van der Waals surface area contributed by atoms with Crippen LogP contribution < -0.4 is 4.74 Å². The second kappa shape index (κ2) is 8.17. The molecule has 3 heterocycles. The van der Waals surface area contributed by atoms with Crippen molar-refractivity contribution in [3.63, 3.8) is 0 Å². The molecule has 4 rings (SSSR count). The van der Waals surface area contributed by atoms with Gasteiger partial charge in [0.05, 0.1) is 13.2 Å². The first-order valence-electron chi connectivity index (χ1n) is 9.47. The molecule has 0 amide bonds. The maximum atomic E-state index is 12.7. The summed E-state index contributed by atoms with van der Waals surface area (Å²) in [5.41, 5.74) is 3.35. The fourth-order valence-corrected chi connectivity index (χ4v) is 4.00. The zero-order chi connectivity index (χ0) is 22.2. The molecule has 2 aliphatic heterocycles. The van der Waals surface area contributed by atoms with E-state index in [0.717, 1.165) is 36.5 Å². The van der Waals surface area contributed by atoms with E-state index in [4.69, 9.17) is 19.4 Å². The van der Waals surface area contributed by atoms with Gasteiger partial charge in [0.25, 0.3) is 0 Å². The Hall–Kier alpha value is -2.75. The number of ether oxygens (including phenoxy) is 2. The molecule has 10 heteroatoms. The summed E-state index contributed by atoms with van der Waals surface area (Å²) in [6.45, 7) is 5.65. The number of alkyl halides is 3. The van der Waals surface area contributed by atoms with Gasteiger partial charge in [-0.15, -0.1) is 0 Å². The molecule has 2 bridgehead atoms. The van der Waals surface area contributed by atoms with Crippen LogP contribution in [0.25, 0.3) is 10.9 Å². The normalized spacial score (nSPS) is 22.3. The highest BCUT2D eigenvalue weighted by Crippen LogP contribution is 2.46. The van der Waals surface area contributed by atoms with Gasteiger partial charge in [-0.2, -0.15) is 13.2 Å². The lowest BCUT2D eigenvalue weighted by Crippen LogP contribution is -2.37. The van der Waals surface area contributed by atoms with Crippen LogP contribution in [0.1, 0.15) is 43.5 Å². The van der Waals surface area contributed by atoms with Crippen molar-refractivity contribution < 1.29 is 37.3 Å². The number of nitrogens with one attached hydrogen (secondary N) is 1. The number of methoxy groups -OCH3 is 1. The predicted octanol–water partition coefficient (Wildman–Crippen LogP) is 3.61. The summed E-state index contributed by atoms with van der Waals surface area (Å²) in [4.78, 5) is 27.3. The Morgan fingerprint density at radius 1 is 1.30 bits per heavy atom. The molecule has 0 aliphatic carbocycles. The number of nitrogens with zero attached hydrogens (tertiary/aromatic N) is 1. The van der Waals surface area contributed by atoms with Gasteiger partial charge in [-0.3, -0.25) is 4.90 Å². The van der Waals surface area contributed by atoms with E-state index in [1.165, 1.54) is 10.9 Å². The molecule has 164 valence electrons. The standard InChI is InChI=1S/C18H22N2O3.C2HF3O2/c1-10(2)23-18(21)17-16-15(11-6-7-20(17)9-11)13-8-12(22-3)4-5-14(13)19-16;3-2(4,5)1(6)7/h4-5,8,10-11,17,19H,6-7,9H2,1-3H3;(H,6,7). The number of carbonyl (C=O) groups excluding carboxylic acids is 1. The van der Waals surface area contributed by atoms with E-state index in [9.17, 15) is 18.0 Å². The highest BCUT2D eigenvalue weighted by Gasteiger charge is 2.44. The molecule has 1 aromatic carbocycles. The number of carboxylic acids is 1. The molecule has 0 saturated carbocycles. The fraction of sp³-hybridized carbons (Fsp3) is 0.500. The van der Waals surface area contributed by atoms with Gasteiger partial charge in [0, 0.05) is 29.1 Å². The largest absolute Gasteiger partial charge is 0.497 e. The van der Waals surface area contributed by atoms with Gasteiger partial charge >= 0.3 is 18.1 Å². The van der Waals surface area contributed by atoms with Crippen molar-refractivity contribution in [2.45, 2.75) is 44.5 Å². The number of hydrogen-bond donors (Lipinski definition) is 2. The third kappa shape index (κ3) is 4.23. The second-order valence-electron chi connectivity index (χ2n) is 7.54. The van der Waals surface area contributed by atoms with E-state index in [2.05, 4.69) is 16.0 Å². The Labute approximate surface area is 170 Å². The van der Waals surface area contributed by atoms with E-state index >= 15 is 0 Å². The summed E-state index contributed by atoms with van der Waals surface area (Å²) in [6, 6.07) is 5.73. The van der Waals surface area contributed by atoms with Gasteiger partial charge in [-0.25, -0.2) is 9.59 Å². The van der Waals surface area contributed by atoms with Crippen LogP contribution in [0, 0.1) is 0 Å². The quantitative estimate of drug-likeness (QED) is 0.726. The van der Waals surface area contributed by atoms with Crippen LogP contribution in [0.2, 0.25) is 0 Å². The monoisotopic (exact) mass is 428 g/mol. The first-order valence-corrected chi connectivity index (χ1v) is 9.47. The van der Waals surface area contributed by atoms with E-state index < -0.39 is 12.1 Å². The molecule has 3 unspecified atom stereocenters. The molecule has 2 aliphatic rings. The molecule has 3 atom stereocenters. The minimum absolute atomic E-state index is 0.101. The van der Waals surface area contributed by atoms with Gasteiger partial charge in [0.1, 0.15) is 11.8 Å². The molecular formula is C20H23F3N2O5. The smallest absolute Gasteiger partial charge is 0.490 e. The van der Waals surface area contributed by atoms with Gasteiger partial charge in [-0.1, -0.05) is 0 Å². The third-order valence-electron chi connectivity index (χ3n) is 5.16. The van der Waals surface area contributed by atoms with Crippen LogP contribution in [0.3, 0.4) is 0 Å². The Morgan fingerprint density at radius 2 is 1.97 bits per heavy atom. The summed E-state index contributed by atoms with van der Waals surface area (Å²) >= 11 is 0. The average molecular weight is 428 g/mol. The molecule has 0 spiro atoms. The highest BCUT2D eigenvalue weighted by molar-refractivity contribution is 5.90. The molecular weight excluding hydrogens is 405 g/mol. The zero-order valence-electron chi connectivity index (χ0n) is 16.7.